The van der Waals surface area contributed by atoms with Crippen LogP contribution in [0.4, 0.5) is 0 Å². The van der Waals surface area contributed by atoms with Crippen LogP contribution in [0.2, 0.25) is 5.02 Å². The molecule has 1 unspecified atom stereocenters. The number of aliphatic hydroxyl groups excluding tert-OH is 1. The number of halogens is 1. The monoisotopic (exact) mass is 269 g/mol. The third kappa shape index (κ3) is 2.94. The number of likely N-dealkylation sites (tertiary alicyclic amines) is 1. The Bertz CT molecular complexity index is 450. The summed E-state index contributed by atoms with van der Waals surface area (Å²) in [7, 11) is 1.57. The number of β-amino-alcohol motifs (C(OH)–C–C–N with tert-alkyl or cyclic N) is 1. The number of hydrogen-bond donors (Lipinski definition) is 1. The van der Waals surface area contributed by atoms with Gasteiger partial charge in [0.05, 0.1) is 19.6 Å². The van der Waals surface area contributed by atoms with E-state index in [0.717, 1.165) is 5.56 Å². The Morgan fingerprint density at radius 1 is 1.61 bits per heavy atom. The molecule has 4 nitrogen and oxygen atoms in total. The molecule has 0 aromatic heterocycles. The lowest BCUT2D eigenvalue weighted by atomic mass is 10.1. The maximum absolute atomic E-state index is 12.1. The van der Waals surface area contributed by atoms with Crippen LogP contribution < -0.4 is 4.74 Å². The van der Waals surface area contributed by atoms with Crippen LogP contribution in [-0.2, 0) is 11.2 Å². The quantitative estimate of drug-likeness (QED) is 0.904. The second-order valence-corrected chi connectivity index (χ2v) is 4.85. The molecule has 1 atom stereocenters. The number of hydrogen-bond acceptors (Lipinski definition) is 3. The standard InChI is InChI=1S/C13H16ClNO3/c1-18-12-3-2-10(14)6-9(12)7-13(17)15-5-4-11(16)8-15/h2-3,6,11,16H,4-5,7-8H2,1H3. The lowest BCUT2D eigenvalue weighted by Crippen LogP contribution is -2.30. The lowest BCUT2D eigenvalue weighted by Gasteiger charge is -2.16. The van der Waals surface area contributed by atoms with E-state index in [1.54, 1.807) is 30.2 Å². The fraction of sp³-hybridized carbons (Fsp3) is 0.462. The van der Waals surface area contributed by atoms with Crippen molar-refractivity contribution in [3.63, 3.8) is 0 Å². The number of rotatable bonds is 3. The van der Waals surface area contributed by atoms with Crippen LogP contribution in [0.3, 0.4) is 0 Å². The van der Waals surface area contributed by atoms with E-state index in [2.05, 4.69) is 0 Å². The molecule has 1 saturated heterocycles. The molecule has 18 heavy (non-hydrogen) atoms. The van der Waals surface area contributed by atoms with Crippen molar-refractivity contribution in [1.29, 1.82) is 0 Å². The van der Waals surface area contributed by atoms with E-state index in [9.17, 15) is 9.90 Å². The van der Waals surface area contributed by atoms with Gasteiger partial charge in [0.25, 0.3) is 0 Å². The third-order valence-electron chi connectivity index (χ3n) is 3.10. The maximum Gasteiger partial charge on any atom is 0.227 e. The van der Waals surface area contributed by atoms with Crippen LogP contribution in [-0.4, -0.2) is 42.2 Å². The summed E-state index contributed by atoms with van der Waals surface area (Å²) in [6, 6.07) is 5.22. The van der Waals surface area contributed by atoms with Crippen LogP contribution >= 0.6 is 11.6 Å². The highest BCUT2D eigenvalue weighted by molar-refractivity contribution is 6.30. The van der Waals surface area contributed by atoms with Gasteiger partial charge in [-0.25, -0.2) is 0 Å². The van der Waals surface area contributed by atoms with Crippen molar-refractivity contribution < 1.29 is 14.6 Å². The molecule has 0 spiro atoms. The summed E-state index contributed by atoms with van der Waals surface area (Å²) in [6.07, 6.45) is 0.504. The number of ether oxygens (including phenoxy) is 1. The van der Waals surface area contributed by atoms with Crippen LogP contribution in [0.25, 0.3) is 0 Å². The Morgan fingerprint density at radius 3 is 3.00 bits per heavy atom. The van der Waals surface area contributed by atoms with Crippen molar-refractivity contribution in [1.82, 2.24) is 4.90 Å². The highest BCUT2D eigenvalue weighted by atomic mass is 35.5. The summed E-state index contributed by atoms with van der Waals surface area (Å²) >= 11 is 5.92. The fourth-order valence-electron chi connectivity index (χ4n) is 2.13. The largest absolute Gasteiger partial charge is 0.496 e. The Hall–Kier alpha value is -1.26. The van der Waals surface area contributed by atoms with E-state index in [4.69, 9.17) is 16.3 Å². The SMILES string of the molecule is COc1ccc(Cl)cc1CC(=O)N1CCC(O)C1. The lowest BCUT2D eigenvalue weighted by molar-refractivity contribution is -0.129. The number of carbonyl (C=O) groups is 1. The molecular formula is C13H16ClNO3. The predicted octanol–water partition coefficient (Wildman–Crippen LogP) is 1.48. The number of aliphatic hydroxyl groups is 1. The number of benzene rings is 1. The van der Waals surface area contributed by atoms with E-state index >= 15 is 0 Å². The van der Waals surface area contributed by atoms with E-state index in [1.165, 1.54) is 0 Å². The predicted molar refractivity (Wildman–Crippen MR) is 68.9 cm³/mol. The zero-order valence-corrected chi connectivity index (χ0v) is 11.0. The Kier molecular flexibility index (Phi) is 4.09. The Labute approximate surface area is 111 Å². The molecule has 0 aliphatic carbocycles. The molecule has 1 amide bonds. The van der Waals surface area contributed by atoms with Crippen LogP contribution in [0.5, 0.6) is 5.75 Å². The van der Waals surface area contributed by atoms with Gasteiger partial charge in [-0.15, -0.1) is 0 Å². The van der Waals surface area contributed by atoms with Crippen LogP contribution in [0.15, 0.2) is 18.2 Å². The van der Waals surface area contributed by atoms with Gasteiger partial charge in [-0.2, -0.15) is 0 Å². The molecule has 1 fully saturated rings. The first-order valence-electron chi connectivity index (χ1n) is 5.88. The molecule has 1 aromatic rings. The molecule has 1 heterocycles. The molecule has 1 N–H and O–H groups in total. The second-order valence-electron chi connectivity index (χ2n) is 4.42. The maximum atomic E-state index is 12.1. The summed E-state index contributed by atoms with van der Waals surface area (Å²) in [6.45, 7) is 1.03. The molecule has 0 radical (unpaired) electrons. The van der Waals surface area contributed by atoms with Crippen LogP contribution in [0, 0.1) is 0 Å². The van der Waals surface area contributed by atoms with Crippen molar-refractivity contribution in [2.75, 3.05) is 20.2 Å². The molecule has 1 aromatic carbocycles. The van der Waals surface area contributed by atoms with E-state index < -0.39 is 6.10 Å². The minimum atomic E-state index is -0.393. The van der Waals surface area contributed by atoms with Gasteiger partial charge in [0.15, 0.2) is 0 Å². The van der Waals surface area contributed by atoms with Crippen LogP contribution in [0.1, 0.15) is 12.0 Å². The first-order chi connectivity index (χ1) is 8.60. The van der Waals surface area contributed by atoms with Gasteiger partial charge in [0.1, 0.15) is 5.75 Å². The van der Waals surface area contributed by atoms with Gasteiger partial charge >= 0.3 is 0 Å². The third-order valence-corrected chi connectivity index (χ3v) is 3.34. The topological polar surface area (TPSA) is 49.8 Å². The number of nitrogens with zero attached hydrogens (tertiary/aromatic N) is 1. The van der Waals surface area contributed by atoms with Gasteiger partial charge < -0.3 is 14.7 Å². The van der Waals surface area contributed by atoms with Crippen molar-refractivity contribution in [3.05, 3.63) is 28.8 Å². The molecule has 98 valence electrons. The second kappa shape index (κ2) is 5.59. The zero-order chi connectivity index (χ0) is 13.1. The van der Waals surface area contributed by atoms with Crippen molar-refractivity contribution in [2.24, 2.45) is 0 Å². The molecule has 0 saturated carbocycles. The first kappa shape index (κ1) is 13.2. The van der Waals surface area contributed by atoms with Crippen molar-refractivity contribution in [2.45, 2.75) is 18.9 Å². The van der Waals surface area contributed by atoms with Gasteiger partial charge in [-0.05, 0) is 24.6 Å². The normalized spacial score (nSPS) is 19.1. The minimum Gasteiger partial charge on any atom is -0.496 e. The van der Waals surface area contributed by atoms with Crippen molar-refractivity contribution >= 4 is 17.5 Å². The van der Waals surface area contributed by atoms with E-state index in [-0.39, 0.29) is 12.3 Å². The Balaban J connectivity index is 2.09. The average Bonchev–Trinajstić information content (AvgIpc) is 2.76. The van der Waals surface area contributed by atoms with E-state index in [1.807, 2.05) is 0 Å². The summed E-state index contributed by atoms with van der Waals surface area (Å²) in [5.41, 5.74) is 0.774. The van der Waals surface area contributed by atoms with Gasteiger partial charge in [-0.1, -0.05) is 11.6 Å². The molecule has 5 heteroatoms. The molecule has 1 aliphatic rings. The highest BCUT2D eigenvalue weighted by Crippen LogP contribution is 2.24. The molecular weight excluding hydrogens is 254 g/mol. The van der Waals surface area contributed by atoms with Crippen molar-refractivity contribution in [3.8, 4) is 5.75 Å². The van der Waals surface area contributed by atoms with E-state index in [0.29, 0.717) is 30.3 Å². The van der Waals surface area contributed by atoms with Gasteiger partial charge in [0.2, 0.25) is 5.91 Å². The van der Waals surface area contributed by atoms with Gasteiger partial charge in [0, 0.05) is 23.7 Å². The zero-order valence-electron chi connectivity index (χ0n) is 10.2. The van der Waals surface area contributed by atoms with Gasteiger partial charge in [-0.3, -0.25) is 4.79 Å². The summed E-state index contributed by atoms with van der Waals surface area (Å²) in [5.74, 6) is 0.652. The Morgan fingerprint density at radius 2 is 2.39 bits per heavy atom. The smallest absolute Gasteiger partial charge is 0.227 e. The fourth-order valence-corrected chi connectivity index (χ4v) is 2.32. The first-order valence-corrected chi connectivity index (χ1v) is 6.26. The molecule has 2 rings (SSSR count). The molecule has 1 aliphatic heterocycles. The average molecular weight is 270 g/mol. The number of methoxy groups -OCH3 is 1. The summed E-state index contributed by atoms with van der Waals surface area (Å²) < 4.78 is 5.21. The molecule has 0 bridgehead atoms. The summed E-state index contributed by atoms with van der Waals surface area (Å²) in [4.78, 5) is 13.7. The highest BCUT2D eigenvalue weighted by Gasteiger charge is 2.25. The number of carbonyl (C=O) groups excluding carboxylic acids is 1. The summed E-state index contributed by atoms with van der Waals surface area (Å²) in [5, 5.41) is 10.0. The number of amides is 1. The minimum absolute atomic E-state index is 0.00730.